The SMILES string of the molecule is CNC(=O)[C@H](C)[NH2+][C@@H](C)c1cccc(Cl)c1. The van der Waals surface area contributed by atoms with E-state index in [0.29, 0.717) is 0 Å². The standard InChI is InChI=1S/C12H17ClN2O/c1-8(15-9(2)12(16)14-3)10-5-4-6-11(13)7-10/h4-9,15H,1-3H3,(H,14,16)/p+1/t8-,9-/m0/s1. The van der Waals surface area contributed by atoms with Crippen LogP contribution in [0.1, 0.15) is 25.5 Å². The van der Waals surface area contributed by atoms with Crippen molar-refractivity contribution in [2.75, 3.05) is 7.05 Å². The van der Waals surface area contributed by atoms with Crippen molar-refractivity contribution >= 4 is 17.5 Å². The molecule has 0 fully saturated rings. The summed E-state index contributed by atoms with van der Waals surface area (Å²) < 4.78 is 0. The molecule has 0 heterocycles. The molecule has 1 aromatic rings. The Balaban J connectivity index is 2.65. The third-order valence-corrected chi connectivity index (χ3v) is 2.85. The van der Waals surface area contributed by atoms with Crippen molar-refractivity contribution in [1.82, 2.24) is 5.32 Å². The molecule has 2 atom stereocenters. The number of hydrogen-bond acceptors (Lipinski definition) is 1. The summed E-state index contributed by atoms with van der Waals surface area (Å²) in [5.41, 5.74) is 1.13. The molecule has 3 nitrogen and oxygen atoms in total. The number of likely N-dealkylation sites (N-methyl/N-ethyl adjacent to an activating group) is 1. The zero-order chi connectivity index (χ0) is 12.1. The Bertz CT molecular complexity index is 368. The van der Waals surface area contributed by atoms with Crippen LogP contribution in [0.5, 0.6) is 0 Å². The van der Waals surface area contributed by atoms with Crippen molar-refractivity contribution in [2.45, 2.75) is 25.9 Å². The number of nitrogens with one attached hydrogen (secondary N) is 1. The third-order valence-electron chi connectivity index (χ3n) is 2.61. The first-order valence-electron chi connectivity index (χ1n) is 5.36. The van der Waals surface area contributed by atoms with Crippen LogP contribution in [0.15, 0.2) is 24.3 Å². The van der Waals surface area contributed by atoms with Crippen LogP contribution in [-0.4, -0.2) is 19.0 Å². The number of quaternary nitrogens is 1. The number of carbonyl (C=O) groups is 1. The van der Waals surface area contributed by atoms with Crippen LogP contribution in [0.25, 0.3) is 0 Å². The summed E-state index contributed by atoms with van der Waals surface area (Å²) in [5.74, 6) is 0.0360. The van der Waals surface area contributed by atoms with Gasteiger partial charge in [0.25, 0.3) is 5.91 Å². The Hall–Kier alpha value is -1.06. The Kier molecular flexibility index (Phi) is 4.77. The van der Waals surface area contributed by atoms with Crippen LogP contribution in [0.3, 0.4) is 0 Å². The summed E-state index contributed by atoms with van der Waals surface area (Å²) in [6.07, 6.45) is 0. The number of hydrogen-bond donors (Lipinski definition) is 2. The highest BCUT2D eigenvalue weighted by Crippen LogP contribution is 2.14. The molecule has 88 valence electrons. The van der Waals surface area contributed by atoms with Gasteiger partial charge in [-0.2, -0.15) is 0 Å². The molecular formula is C12H18ClN2O+. The quantitative estimate of drug-likeness (QED) is 0.815. The molecule has 0 aromatic heterocycles. The number of nitrogens with two attached hydrogens (primary N) is 1. The van der Waals surface area contributed by atoms with E-state index in [2.05, 4.69) is 12.2 Å². The predicted molar refractivity (Wildman–Crippen MR) is 65.3 cm³/mol. The summed E-state index contributed by atoms with van der Waals surface area (Å²) >= 11 is 5.92. The Labute approximate surface area is 101 Å². The summed E-state index contributed by atoms with van der Waals surface area (Å²) in [6, 6.07) is 7.83. The maximum Gasteiger partial charge on any atom is 0.277 e. The van der Waals surface area contributed by atoms with Gasteiger partial charge in [0, 0.05) is 17.6 Å². The van der Waals surface area contributed by atoms with E-state index in [9.17, 15) is 4.79 Å². The lowest BCUT2D eigenvalue weighted by atomic mass is 10.1. The highest BCUT2D eigenvalue weighted by atomic mass is 35.5. The van der Waals surface area contributed by atoms with Crippen LogP contribution in [-0.2, 0) is 4.79 Å². The van der Waals surface area contributed by atoms with Crippen LogP contribution in [0.4, 0.5) is 0 Å². The second-order valence-electron chi connectivity index (χ2n) is 3.94. The van der Waals surface area contributed by atoms with Gasteiger partial charge in [-0.05, 0) is 26.0 Å². The maximum atomic E-state index is 11.4. The van der Waals surface area contributed by atoms with E-state index < -0.39 is 0 Å². The molecule has 0 unspecified atom stereocenters. The first-order valence-corrected chi connectivity index (χ1v) is 5.74. The summed E-state index contributed by atoms with van der Waals surface area (Å²) in [7, 11) is 1.65. The molecule has 4 heteroatoms. The van der Waals surface area contributed by atoms with Crippen molar-refractivity contribution < 1.29 is 10.1 Å². The fourth-order valence-electron chi connectivity index (χ4n) is 1.65. The molecular weight excluding hydrogens is 224 g/mol. The molecule has 0 spiro atoms. The zero-order valence-corrected chi connectivity index (χ0v) is 10.6. The lowest BCUT2D eigenvalue weighted by molar-refractivity contribution is -0.710. The average molecular weight is 242 g/mol. The van der Waals surface area contributed by atoms with Crippen molar-refractivity contribution in [3.8, 4) is 0 Å². The molecule has 0 aliphatic heterocycles. The summed E-state index contributed by atoms with van der Waals surface area (Å²) in [5, 5.41) is 5.38. The van der Waals surface area contributed by atoms with Crippen molar-refractivity contribution in [1.29, 1.82) is 0 Å². The van der Waals surface area contributed by atoms with Crippen LogP contribution < -0.4 is 10.6 Å². The maximum absolute atomic E-state index is 11.4. The highest BCUT2D eigenvalue weighted by Gasteiger charge is 2.18. The van der Waals surface area contributed by atoms with Gasteiger partial charge < -0.3 is 10.6 Å². The third kappa shape index (κ3) is 3.51. The van der Waals surface area contributed by atoms with Gasteiger partial charge >= 0.3 is 0 Å². The minimum Gasteiger partial charge on any atom is -0.354 e. The lowest BCUT2D eigenvalue weighted by Crippen LogP contribution is -2.92. The van der Waals surface area contributed by atoms with Gasteiger partial charge in [-0.1, -0.05) is 23.7 Å². The van der Waals surface area contributed by atoms with Gasteiger partial charge in [-0.15, -0.1) is 0 Å². The van der Waals surface area contributed by atoms with Gasteiger partial charge in [0.15, 0.2) is 6.04 Å². The lowest BCUT2D eigenvalue weighted by Gasteiger charge is -2.16. The minimum absolute atomic E-state index is 0.0360. The van der Waals surface area contributed by atoms with Crippen LogP contribution in [0, 0.1) is 0 Å². The van der Waals surface area contributed by atoms with Gasteiger partial charge in [-0.3, -0.25) is 4.79 Å². The highest BCUT2D eigenvalue weighted by molar-refractivity contribution is 6.30. The molecule has 0 bridgehead atoms. The normalized spacial score (nSPS) is 14.2. The Morgan fingerprint density at radius 1 is 1.44 bits per heavy atom. The largest absolute Gasteiger partial charge is 0.354 e. The number of halogens is 1. The summed E-state index contributed by atoms with van der Waals surface area (Å²) in [4.78, 5) is 11.4. The van der Waals surface area contributed by atoms with Gasteiger partial charge in [0.2, 0.25) is 0 Å². The van der Waals surface area contributed by atoms with Crippen molar-refractivity contribution in [2.24, 2.45) is 0 Å². The van der Waals surface area contributed by atoms with Gasteiger partial charge in [0.1, 0.15) is 6.04 Å². The van der Waals surface area contributed by atoms with Crippen molar-refractivity contribution in [3.63, 3.8) is 0 Å². The molecule has 16 heavy (non-hydrogen) atoms. The molecule has 1 aromatic carbocycles. The van der Waals surface area contributed by atoms with Crippen LogP contribution >= 0.6 is 11.6 Å². The smallest absolute Gasteiger partial charge is 0.277 e. The zero-order valence-electron chi connectivity index (χ0n) is 9.83. The molecule has 0 saturated heterocycles. The number of amides is 1. The monoisotopic (exact) mass is 241 g/mol. The first-order chi connectivity index (χ1) is 7.54. The molecule has 1 amide bonds. The van der Waals surface area contributed by atoms with Crippen molar-refractivity contribution in [3.05, 3.63) is 34.9 Å². The van der Waals surface area contributed by atoms with E-state index in [-0.39, 0.29) is 18.0 Å². The molecule has 3 N–H and O–H groups in total. The topological polar surface area (TPSA) is 45.7 Å². The second-order valence-corrected chi connectivity index (χ2v) is 4.38. The fourth-order valence-corrected chi connectivity index (χ4v) is 1.85. The van der Waals surface area contributed by atoms with E-state index in [0.717, 1.165) is 10.6 Å². The van der Waals surface area contributed by atoms with E-state index in [4.69, 9.17) is 11.6 Å². The van der Waals surface area contributed by atoms with E-state index in [1.54, 1.807) is 7.05 Å². The number of rotatable bonds is 4. The van der Waals surface area contributed by atoms with E-state index >= 15 is 0 Å². The minimum atomic E-state index is -0.0982. The molecule has 0 saturated carbocycles. The summed E-state index contributed by atoms with van der Waals surface area (Å²) in [6.45, 7) is 3.95. The van der Waals surface area contributed by atoms with E-state index in [1.165, 1.54) is 0 Å². The van der Waals surface area contributed by atoms with Gasteiger partial charge in [0.05, 0.1) is 0 Å². The molecule has 0 aliphatic rings. The van der Waals surface area contributed by atoms with Gasteiger partial charge in [-0.25, -0.2) is 0 Å². The Morgan fingerprint density at radius 3 is 2.69 bits per heavy atom. The number of carbonyl (C=O) groups excluding carboxylic acids is 1. The fraction of sp³-hybridized carbons (Fsp3) is 0.417. The molecule has 0 aliphatic carbocycles. The second kappa shape index (κ2) is 5.87. The molecule has 0 radical (unpaired) electrons. The average Bonchev–Trinajstić information content (AvgIpc) is 2.27. The number of benzene rings is 1. The molecule has 1 rings (SSSR count). The van der Waals surface area contributed by atoms with E-state index in [1.807, 2.05) is 36.5 Å². The Morgan fingerprint density at radius 2 is 2.12 bits per heavy atom. The predicted octanol–water partition coefficient (Wildman–Crippen LogP) is 1.10. The first kappa shape index (κ1) is 13.0. The van der Waals surface area contributed by atoms with Crippen LogP contribution in [0.2, 0.25) is 5.02 Å².